The van der Waals surface area contributed by atoms with E-state index in [0.29, 0.717) is 5.69 Å². The van der Waals surface area contributed by atoms with Crippen LogP contribution in [0.5, 0.6) is 0 Å². The number of carbonyl (C=O) groups is 3. The molecule has 25 heavy (non-hydrogen) atoms. The van der Waals surface area contributed by atoms with E-state index in [1.165, 1.54) is 19.2 Å². The number of hydrogen-bond donors (Lipinski definition) is 1. The third-order valence-electron chi connectivity index (χ3n) is 2.86. The Hall–Kier alpha value is -2.16. The van der Waals surface area contributed by atoms with Gasteiger partial charge in [0.25, 0.3) is 5.91 Å². The van der Waals surface area contributed by atoms with Crippen LogP contribution in [0.2, 0.25) is 10.0 Å². The van der Waals surface area contributed by atoms with Crippen LogP contribution in [-0.4, -0.2) is 36.5 Å². The SMILES string of the molecule is COC(=O)Cc1csc(NC(=O)COC(=O)c2cccc(Cl)c2Cl)n1. The Balaban J connectivity index is 1.87. The average Bonchev–Trinajstić information content (AvgIpc) is 3.01. The molecule has 10 heteroatoms. The van der Waals surface area contributed by atoms with Gasteiger partial charge in [0.15, 0.2) is 11.7 Å². The number of esters is 2. The monoisotopic (exact) mass is 402 g/mol. The lowest BCUT2D eigenvalue weighted by atomic mass is 10.2. The largest absolute Gasteiger partial charge is 0.469 e. The second kappa shape index (κ2) is 8.80. The number of carbonyl (C=O) groups excluding carboxylic acids is 3. The van der Waals surface area contributed by atoms with Crippen LogP contribution in [0.15, 0.2) is 23.6 Å². The van der Waals surface area contributed by atoms with E-state index in [0.717, 1.165) is 11.3 Å². The molecule has 0 atom stereocenters. The first-order valence-electron chi connectivity index (χ1n) is 6.83. The third kappa shape index (κ3) is 5.42. The van der Waals surface area contributed by atoms with Gasteiger partial charge in [-0.2, -0.15) is 0 Å². The van der Waals surface area contributed by atoms with Crippen molar-refractivity contribution in [2.24, 2.45) is 0 Å². The molecule has 132 valence electrons. The molecule has 0 spiro atoms. The van der Waals surface area contributed by atoms with Crippen molar-refractivity contribution < 1.29 is 23.9 Å². The van der Waals surface area contributed by atoms with Gasteiger partial charge in [0, 0.05) is 5.38 Å². The van der Waals surface area contributed by atoms with Crippen molar-refractivity contribution in [3.8, 4) is 0 Å². The Kier molecular flexibility index (Phi) is 6.74. The van der Waals surface area contributed by atoms with Crippen LogP contribution < -0.4 is 5.32 Å². The number of nitrogens with one attached hydrogen (secondary N) is 1. The van der Waals surface area contributed by atoms with Gasteiger partial charge in [0.1, 0.15) is 0 Å². The van der Waals surface area contributed by atoms with Crippen molar-refractivity contribution in [2.75, 3.05) is 19.0 Å². The maximum Gasteiger partial charge on any atom is 0.340 e. The van der Waals surface area contributed by atoms with E-state index < -0.39 is 24.5 Å². The van der Waals surface area contributed by atoms with E-state index in [-0.39, 0.29) is 27.2 Å². The predicted molar refractivity (Wildman–Crippen MR) is 93.2 cm³/mol. The number of aromatic nitrogens is 1. The molecule has 0 radical (unpaired) electrons. The van der Waals surface area contributed by atoms with E-state index in [4.69, 9.17) is 27.9 Å². The fourth-order valence-corrected chi connectivity index (χ4v) is 2.80. The van der Waals surface area contributed by atoms with Crippen molar-refractivity contribution >= 4 is 57.5 Å². The summed E-state index contributed by atoms with van der Waals surface area (Å²) in [5, 5.41) is 4.63. The van der Waals surface area contributed by atoms with E-state index in [1.54, 1.807) is 11.4 Å². The molecule has 1 aromatic carbocycles. The number of benzene rings is 1. The molecule has 0 unspecified atom stereocenters. The number of ether oxygens (including phenoxy) is 2. The Labute approximate surface area is 156 Å². The molecule has 7 nitrogen and oxygen atoms in total. The van der Waals surface area contributed by atoms with Gasteiger partial charge in [-0.25, -0.2) is 9.78 Å². The molecule has 1 N–H and O–H groups in total. The van der Waals surface area contributed by atoms with E-state index in [2.05, 4.69) is 15.0 Å². The smallest absolute Gasteiger partial charge is 0.340 e. The molecule has 0 saturated heterocycles. The second-order valence-electron chi connectivity index (χ2n) is 4.62. The summed E-state index contributed by atoms with van der Waals surface area (Å²) in [6.07, 6.45) is 0.00508. The molecule has 2 aromatic rings. The molecule has 0 aliphatic carbocycles. The van der Waals surface area contributed by atoms with E-state index >= 15 is 0 Å². The molecule has 0 fully saturated rings. The van der Waals surface area contributed by atoms with E-state index in [9.17, 15) is 14.4 Å². The minimum absolute atomic E-state index is 0.00508. The van der Waals surface area contributed by atoms with Gasteiger partial charge in [0.05, 0.1) is 34.8 Å². The number of rotatable bonds is 6. The molecule has 2 rings (SSSR count). The number of thiazole rings is 1. The number of nitrogens with zero attached hydrogens (tertiary/aromatic N) is 1. The summed E-state index contributed by atoms with van der Waals surface area (Å²) in [4.78, 5) is 38.9. The van der Waals surface area contributed by atoms with Crippen LogP contribution in [0.25, 0.3) is 0 Å². The Morgan fingerprint density at radius 1 is 1.28 bits per heavy atom. The van der Waals surface area contributed by atoms with Gasteiger partial charge in [-0.1, -0.05) is 29.3 Å². The highest BCUT2D eigenvalue weighted by atomic mass is 35.5. The molecule has 1 heterocycles. The zero-order chi connectivity index (χ0) is 18.4. The van der Waals surface area contributed by atoms with Crippen molar-refractivity contribution in [3.05, 3.63) is 44.9 Å². The quantitative estimate of drug-likeness (QED) is 0.746. The summed E-state index contributed by atoms with van der Waals surface area (Å²) in [5.41, 5.74) is 0.534. The van der Waals surface area contributed by atoms with Crippen molar-refractivity contribution in [2.45, 2.75) is 6.42 Å². The zero-order valence-corrected chi connectivity index (χ0v) is 15.2. The normalized spacial score (nSPS) is 10.2. The molecule has 0 bridgehead atoms. The molecule has 1 amide bonds. The second-order valence-corrected chi connectivity index (χ2v) is 6.27. The van der Waals surface area contributed by atoms with E-state index in [1.807, 2.05) is 0 Å². The molecular weight excluding hydrogens is 391 g/mol. The maximum absolute atomic E-state index is 11.9. The van der Waals surface area contributed by atoms with Crippen molar-refractivity contribution in [3.63, 3.8) is 0 Å². The highest BCUT2D eigenvalue weighted by Crippen LogP contribution is 2.26. The maximum atomic E-state index is 11.9. The summed E-state index contributed by atoms with van der Waals surface area (Å²) >= 11 is 12.9. The number of amides is 1. The summed E-state index contributed by atoms with van der Waals surface area (Å²) in [7, 11) is 1.28. The Morgan fingerprint density at radius 2 is 2.04 bits per heavy atom. The molecule has 1 aromatic heterocycles. The first-order valence-corrected chi connectivity index (χ1v) is 8.46. The third-order valence-corrected chi connectivity index (χ3v) is 4.48. The van der Waals surface area contributed by atoms with Gasteiger partial charge < -0.3 is 9.47 Å². The van der Waals surface area contributed by atoms with Gasteiger partial charge in [-0.15, -0.1) is 11.3 Å². The van der Waals surface area contributed by atoms with Crippen LogP contribution in [0.3, 0.4) is 0 Å². The number of halogens is 2. The van der Waals surface area contributed by atoms with Gasteiger partial charge in [-0.3, -0.25) is 14.9 Å². The van der Waals surface area contributed by atoms with Crippen molar-refractivity contribution in [1.29, 1.82) is 0 Å². The molecule has 0 aliphatic heterocycles. The summed E-state index contributed by atoms with van der Waals surface area (Å²) in [5.74, 6) is -1.78. The summed E-state index contributed by atoms with van der Waals surface area (Å²) in [6.45, 7) is -0.520. The van der Waals surface area contributed by atoms with Crippen LogP contribution in [-0.2, 0) is 25.5 Å². The topological polar surface area (TPSA) is 94.6 Å². The fraction of sp³-hybridized carbons (Fsp3) is 0.200. The number of anilines is 1. The summed E-state index contributed by atoms with van der Waals surface area (Å²) in [6, 6.07) is 4.51. The highest BCUT2D eigenvalue weighted by Gasteiger charge is 2.16. The lowest BCUT2D eigenvalue weighted by molar-refractivity contribution is -0.139. The van der Waals surface area contributed by atoms with Crippen LogP contribution in [0.4, 0.5) is 5.13 Å². The number of methoxy groups -OCH3 is 1. The molecule has 0 aliphatic rings. The van der Waals surface area contributed by atoms with Crippen LogP contribution in [0.1, 0.15) is 16.1 Å². The van der Waals surface area contributed by atoms with Crippen LogP contribution >= 0.6 is 34.5 Å². The molecular formula is C15H12Cl2N2O5S. The van der Waals surface area contributed by atoms with Crippen molar-refractivity contribution in [1.82, 2.24) is 4.98 Å². The van der Waals surface area contributed by atoms with Gasteiger partial charge in [-0.05, 0) is 12.1 Å². The summed E-state index contributed by atoms with van der Waals surface area (Å²) < 4.78 is 9.43. The molecule has 0 saturated carbocycles. The fourth-order valence-electron chi connectivity index (χ4n) is 1.69. The number of hydrogen-bond acceptors (Lipinski definition) is 7. The Bertz CT molecular complexity index is 809. The minimum Gasteiger partial charge on any atom is -0.469 e. The zero-order valence-electron chi connectivity index (χ0n) is 12.9. The first kappa shape index (κ1) is 19.2. The standard InChI is InChI=1S/C15H12Cl2N2O5S/c1-23-12(21)5-8-7-25-15(18-8)19-11(20)6-24-14(22)9-3-2-4-10(16)13(9)17/h2-4,7H,5-6H2,1H3,(H,18,19,20). The lowest BCUT2D eigenvalue weighted by Gasteiger charge is -2.06. The van der Waals surface area contributed by atoms with Gasteiger partial charge in [0.2, 0.25) is 0 Å². The first-order chi connectivity index (χ1) is 11.9. The van der Waals surface area contributed by atoms with Gasteiger partial charge >= 0.3 is 11.9 Å². The predicted octanol–water partition coefficient (Wildman–Crippen LogP) is 2.96. The Morgan fingerprint density at radius 3 is 2.76 bits per heavy atom. The average molecular weight is 403 g/mol. The van der Waals surface area contributed by atoms with Crippen LogP contribution in [0, 0.1) is 0 Å². The highest BCUT2D eigenvalue weighted by molar-refractivity contribution is 7.13. The minimum atomic E-state index is -0.770. The lowest BCUT2D eigenvalue weighted by Crippen LogP contribution is -2.21.